The maximum absolute atomic E-state index is 5.39. The van der Waals surface area contributed by atoms with Gasteiger partial charge in [-0.25, -0.2) is 0 Å². The van der Waals surface area contributed by atoms with Crippen LogP contribution in [0.15, 0.2) is 24.3 Å². The van der Waals surface area contributed by atoms with Gasteiger partial charge in [0.05, 0.1) is 13.2 Å². The van der Waals surface area contributed by atoms with E-state index < -0.39 is 0 Å². The number of morpholine rings is 1. The third kappa shape index (κ3) is 2.85. The first-order chi connectivity index (χ1) is 9.36. The predicted molar refractivity (Wildman–Crippen MR) is 79.2 cm³/mol. The lowest BCUT2D eigenvalue weighted by Gasteiger charge is -2.29. The maximum Gasteiger partial charge on any atom is 0.0642 e. The fourth-order valence-electron chi connectivity index (χ4n) is 2.93. The van der Waals surface area contributed by atoms with Crippen molar-refractivity contribution in [1.29, 1.82) is 0 Å². The summed E-state index contributed by atoms with van der Waals surface area (Å²) in [5.41, 5.74) is 2.66. The second kappa shape index (κ2) is 5.80. The van der Waals surface area contributed by atoms with Crippen molar-refractivity contribution in [2.75, 3.05) is 56.2 Å². The Kier molecular flexibility index (Phi) is 3.89. The molecule has 1 aromatic rings. The van der Waals surface area contributed by atoms with E-state index >= 15 is 0 Å². The Balaban J connectivity index is 1.65. The standard InChI is InChI=1S/C15H23N3O/c1-16-13-6-7-18(12-13)15-4-2-14(3-5-15)17-8-10-19-11-9-17/h2-5,13,16H,6-12H2,1H3. The number of nitrogens with one attached hydrogen (secondary N) is 1. The van der Waals surface area contributed by atoms with Gasteiger partial charge in [-0.3, -0.25) is 0 Å². The van der Waals surface area contributed by atoms with Crippen LogP contribution in [0.4, 0.5) is 11.4 Å². The van der Waals surface area contributed by atoms with Gasteiger partial charge in [0.1, 0.15) is 0 Å². The number of benzene rings is 1. The molecule has 0 bridgehead atoms. The fourth-order valence-corrected chi connectivity index (χ4v) is 2.93. The molecule has 4 heteroatoms. The molecule has 19 heavy (non-hydrogen) atoms. The Morgan fingerprint density at radius 2 is 1.63 bits per heavy atom. The van der Waals surface area contributed by atoms with Crippen molar-refractivity contribution in [3.05, 3.63) is 24.3 Å². The Labute approximate surface area is 115 Å². The van der Waals surface area contributed by atoms with Gasteiger partial charge in [-0.1, -0.05) is 0 Å². The lowest BCUT2D eigenvalue weighted by Crippen LogP contribution is -2.36. The second-order valence-electron chi connectivity index (χ2n) is 5.34. The first-order valence-electron chi connectivity index (χ1n) is 7.22. The van der Waals surface area contributed by atoms with Crippen LogP contribution in [0.3, 0.4) is 0 Å². The van der Waals surface area contributed by atoms with Crippen molar-refractivity contribution in [3.63, 3.8) is 0 Å². The van der Waals surface area contributed by atoms with Crippen molar-refractivity contribution < 1.29 is 4.74 Å². The van der Waals surface area contributed by atoms with E-state index in [9.17, 15) is 0 Å². The molecule has 1 unspecified atom stereocenters. The largest absolute Gasteiger partial charge is 0.378 e. The van der Waals surface area contributed by atoms with Crippen LogP contribution in [0.5, 0.6) is 0 Å². The number of hydrogen-bond acceptors (Lipinski definition) is 4. The van der Waals surface area contributed by atoms with E-state index in [1.807, 2.05) is 0 Å². The van der Waals surface area contributed by atoms with E-state index in [4.69, 9.17) is 4.74 Å². The smallest absolute Gasteiger partial charge is 0.0642 e. The van der Waals surface area contributed by atoms with Gasteiger partial charge in [0.15, 0.2) is 0 Å². The highest BCUT2D eigenvalue weighted by Crippen LogP contribution is 2.24. The Hall–Kier alpha value is -1.26. The third-order valence-electron chi connectivity index (χ3n) is 4.19. The summed E-state index contributed by atoms with van der Waals surface area (Å²) in [4.78, 5) is 4.86. The van der Waals surface area contributed by atoms with Gasteiger partial charge in [0, 0.05) is 43.6 Å². The molecule has 0 spiro atoms. The summed E-state index contributed by atoms with van der Waals surface area (Å²) >= 11 is 0. The zero-order valence-electron chi connectivity index (χ0n) is 11.6. The highest BCUT2D eigenvalue weighted by molar-refractivity contribution is 5.57. The Morgan fingerprint density at radius 3 is 2.21 bits per heavy atom. The van der Waals surface area contributed by atoms with Crippen molar-refractivity contribution in [2.24, 2.45) is 0 Å². The van der Waals surface area contributed by atoms with Crippen molar-refractivity contribution in [1.82, 2.24) is 5.32 Å². The molecule has 104 valence electrons. The summed E-state index contributed by atoms with van der Waals surface area (Å²) in [7, 11) is 2.05. The number of anilines is 2. The molecule has 0 amide bonds. The average Bonchev–Trinajstić information content (AvgIpc) is 2.97. The fraction of sp³-hybridized carbons (Fsp3) is 0.600. The van der Waals surface area contributed by atoms with Crippen LogP contribution in [0.2, 0.25) is 0 Å². The Morgan fingerprint density at radius 1 is 1.00 bits per heavy atom. The van der Waals surface area contributed by atoms with Crippen molar-refractivity contribution in [3.8, 4) is 0 Å². The number of ether oxygens (including phenoxy) is 1. The number of likely N-dealkylation sites (N-methyl/N-ethyl adjacent to an activating group) is 1. The van der Waals surface area contributed by atoms with E-state index in [1.54, 1.807) is 0 Å². The van der Waals surface area contributed by atoms with Crippen molar-refractivity contribution in [2.45, 2.75) is 12.5 Å². The monoisotopic (exact) mass is 261 g/mol. The SMILES string of the molecule is CNC1CCN(c2ccc(N3CCOCC3)cc2)C1. The zero-order chi connectivity index (χ0) is 13.1. The van der Waals surface area contributed by atoms with Crippen LogP contribution in [0, 0.1) is 0 Å². The molecule has 0 aliphatic carbocycles. The van der Waals surface area contributed by atoms with Crippen LogP contribution in [0.1, 0.15) is 6.42 Å². The molecule has 0 saturated carbocycles. The van der Waals surface area contributed by atoms with Gasteiger partial charge in [-0.2, -0.15) is 0 Å². The molecule has 1 atom stereocenters. The minimum Gasteiger partial charge on any atom is -0.378 e. The summed E-state index contributed by atoms with van der Waals surface area (Å²) in [6.45, 7) is 5.97. The first-order valence-corrected chi connectivity index (χ1v) is 7.22. The van der Waals surface area contributed by atoms with Crippen LogP contribution < -0.4 is 15.1 Å². The third-order valence-corrected chi connectivity index (χ3v) is 4.19. The summed E-state index contributed by atoms with van der Waals surface area (Å²) in [5.74, 6) is 0. The zero-order valence-corrected chi connectivity index (χ0v) is 11.6. The van der Waals surface area contributed by atoms with Crippen LogP contribution in [-0.2, 0) is 4.74 Å². The summed E-state index contributed by atoms with van der Waals surface area (Å²) < 4.78 is 5.39. The van der Waals surface area contributed by atoms with Crippen molar-refractivity contribution >= 4 is 11.4 Å². The Bertz CT molecular complexity index is 400. The van der Waals surface area contributed by atoms with Gasteiger partial charge in [0.25, 0.3) is 0 Å². The van der Waals surface area contributed by atoms with Gasteiger partial charge in [-0.15, -0.1) is 0 Å². The van der Waals surface area contributed by atoms with E-state index in [0.717, 1.165) is 39.4 Å². The molecular weight excluding hydrogens is 238 g/mol. The molecule has 4 nitrogen and oxygen atoms in total. The maximum atomic E-state index is 5.39. The topological polar surface area (TPSA) is 27.7 Å². The van der Waals surface area contributed by atoms with Crippen LogP contribution in [0.25, 0.3) is 0 Å². The average molecular weight is 261 g/mol. The summed E-state index contributed by atoms with van der Waals surface area (Å²) in [5, 5.41) is 3.36. The minimum atomic E-state index is 0.638. The molecule has 3 rings (SSSR count). The lowest BCUT2D eigenvalue weighted by molar-refractivity contribution is 0.122. The highest BCUT2D eigenvalue weighted by atomic mass is 16.5. The molecule has 1 N–H and O–H groups in total. The van der Waals surface area contributed by atoms with E-state index in [-0.39, 0.29) is 0 Å². The van der Waals surface area contributed by atoms with E-state index in [0.29, 0.717) is 6.04 Å². The normalized spacial score (nSPS) is 23.9. The van der Waals surface area contributed by atoms with E-state index in [2.05, 4.69) is 46.4 Å². The van der Waals surface area contributed by atoms with Gasteiger partial charge >= 0.3 is 0 Å². The molecule has 2 saturated heterocycles. The molecule has 0 radical (unpaired) electrons. The minimum absolute atomic E-state index is 0.638. The number of rotatable bonds is 3. The van der Waals surface area contributed by atoms with Crippen LogP contribution in [-0.4, -0.2) is 52.5 Å². The molecular formula is C15H23N3O. The molecule has 2 aliphatic rings. The first kappa shape index (κ1) is 12.8. The molecule has 2 aliphatic heterocycles. The predicted octanol–water partition coefficient (Wildman–Crippen LogP) is 1.32. The molecule has 2 heterocycles. The lowest BCUT2D eigenvalue weighted by atomic mass is 10.2. The van der Waals surface area contributed by atoms with Crippen LogP contribution >= 0.6 is 0 Å². The summed E-state index contributed by atoms with van der Waals surface area (Å²) in [6.07, 6.45) is 1.24. The highest BCUT2D eigenvalue weighted by Gasteiger charge is 2.21. The van der Waals surface area contributed by atoms with E-state index in [1.165, 1.54) is 17.8 Å². The molecule has 0 aromatic heterocycles. The number of nitrogens with zero attached hydrogens (tertiary/aromatic N) is 2. The summed E-state index contributed by atoms with van der Waals surface area (Å²) in [6, 6.07) is 9.63. The molecule has 2 fully saturated rings. The van der Waals surface area contributed by atoms with Gasteiger partial charge in [-0.05, 0) is 37.7 Å². The number of hydrogen-bond donors (Lipinski definition) is 1. The second-order valence-corrected chi connectivity index (χ2v) is 5.34. The van der Waals surface area contributed by atoms with Gasteiger partial charge in [0.2, 0.25) is 0 Å². The quantitative estimate of drug-likeness (QED) is 0.888. The molecule has 1 aromatic carbocycles. The van der Waals surface area contributed by atoms with Gasteiger partial charge < -0.3 is 19.9 Å².